The lowest BCUT2D eigenvalue weighted by atomic mass is 10.2. The third-order valence-corrected chi connectivity index (χ3v) is 11.7. The largest absolute Gasteiger partial charge is 0.506 e. The van der Waals surface area contributed by atoms with Gasteiger partial charge >= 0.3 is 0 Å². The average Bonchev–Trinajstić information content (AvgIpc) is 4.06. The quantitative estimate of drug-likeness (QED) is 0.0764. The van der Waals surface area contributed by atoms with Crippen LogP contribution >= 0.6 is 45.8 Å². The molecule has 0 fully saturated rings. The minimum absolute atomic E-state index is 0.264. The Morgan fingerprint density at radius 3 is 1.41 bits per heavy atom. The van der Waals surface area contributed by atoms with Gasteiger partial charge in [0.25, 0.3) is 0 Å². The summed E-state index contributed by atoms with van der Waals surface area (Å²) in [7, 11) is 5.63. The molecule has 0 bridgehead atoms. The Labute approximate surface area is 459 Å². The minimum atomic E-state index is 0.264. The van der Waals surface area contributed by atoms with Crippen LogP contribution in [0.2, 0.25) is 10.0 Å². The molecule has 0 radical (unpaired) electrons. The van der Waals surface area contributed by atoms with Crippen LogP contribution in [0.4, 0.5) is 29.0 Å². The second-order valence-electron chi connectivity index (χ2n) is 16.8. The normalized spacial score (nSPS) is 10.6. The van der Waals surface area contributed by atoms with Gasteiger partial charge in [-0.1, -0.05) is 23.2 Å². The number of nitrogen functional groups attached to an aromatic ring is 3. The van der Waals surface area contributed by atoms with Gasteiger partial charge in [-0.3, -0.25) is 15.0 Å². The van der Waals surface area contributed by atoms with Crippen molar-refractivity contribution < 1.29 is 14.6 Å². The Bertz CT molecular complexity index is 3820. The second kappa shape index (κ2) is 24.6. The standard InChI is InChI=1S/C18H18N8O.C14H13ClN4O.C7H5ClIN3.C7H9NO.C4H6N4/c1-10-4-11(2)20-7-13(10)27-16-5-12(17-18(25-16)26(3)9-23-17)24-15-6-14(19)21-8-22-15;1-8-4-9(2)16-6-11(8)20-12-5-10(15)13-14(18-12)19(3)7-17-13;1-12-3-10-6-4(8)2-5(9)11-7(6)12;1-5-3-6(2)8-4-7(5)9;5-3-1-4(6)8-2-7-3/h4-9H,1-3H3,(H3,19,21,22,24,25);4-7H,1-3H3;2-3H,1H3;3-4,9H,1-2H3;1-2H,(H4,5,6,7,8). The number of pyridine rings is 6. The van der Waals surface area contributed by atoms with Crippen molar-refractivity contribution in [2.75, 3.05) is 22.5 Å². The van der Waals surface area contributed by atoms with Gasteiger partial charge in [-0.15, -0.1) is 0 Å². The number of ether oxygens (including phenoxy) is 2. The van der Waals surface area contributed by atoms with E-state index in [9.17, 15) is 0 Å². The zero-order chi connectivity index (χ0) is 54.8. The molecule has 0 unspecified atom stereocenters. The third-order valence-electron chi connectivity index (χ3n) is 10.5. The Hall–Kier alpha value is -8.62. The predicted molar refractivity (Wildman–Crippen MR) is 302 cm³/mol. The fourth-order valence-corrected chi connectivity index (χ4v) is 7.99. The van der Waals surface area contributed by atoms with Crippen molar-refractivity contribution in [1.29, 1.82) is 0 Å². The molecule has 11 rings (SSSR count). The second-order valence-corrected chi connectivity index (χ2v) is 18.7. The van der Waals surface area contributed by atoms with Gasteiger partial charge in [-0.05, 0) is 105 Å². The van der Waals surface area contributed by atoms with Gasteiger partial charge in [-0.25, -0.2) is 39.9 Å². The lowest BCUT2D eigenvalue weighted by Gasteiger charge is -2.11. The van der Waals surface area contributed by atoms with Crippen LogP contribution in [0.5, 0.6) is 29.0 Å². The molecule has 8 N–H and O–H groups in total. The maximum atomic E-state index is 8.98. The van der Waals surface area contributed by atoms with Crippen LogP contribution in [-0.4, -0.2) is 83.6 Å². The Balaban J connectivity index is 0.000000150. The van der Waals surface area contributed by atoms with Gasteiger partial charge in [0.05, 0.1) is 53.3 Å². The maximum Gasteiger partial charge on any atom is 0.223 e. The molecule has 0 spiro atoms. The summed E-state index contributed by atoms with van der Waals surface area (Å²) in [6.45, 7) is 11.6. The van der Waals surface area contributed by atoms with Crippen molar-refractivity contribution in [3.63, 3.8) is 0 Å². The summed E-state index contributed by atoms with van der Waals surface area (Å²) in [6, 6.07) is 14.1. The van der Waals surface area contributed by atoms with Crippen LogP contribution < -0.4 is 32.0 Å². The third kappa shape index (κ3) is 14.4. The molecule has 0 aromatic carbocycles. The van der Waals surface area contributed by atoms with Gasteiger partial charge < -0.3 is 50.8 Å². The highest BCUT2D eigenvalue weighted by Crippen LogP contribution is 2.32. The van der Waals surface area contributed by atoms with Crippen molar-refractivity contribution in [2.24, 2.45) is 21.1 Å². The topological polar surface area (TPSA) is 311 Å². The van der Waals surface area contributed by atoms with Crippen LogP contribution in [0, 0.1) is 45.2 Å². The van der Waals surface area contributed by atoms with Crippen LogP contribution in [0.25, 0.3) is 33.5 Å². The van der Waals surface area contributed by atoms with Crippen molar-refractivity contribution in [3.8, 4) is 29.0 Å². The molecule has 0 amide bonds. The number of halogens is 3. The smallest absolute Gasteiger partial charge is 0.223 e. The van der Waals surface area contributed by atoms with Crippen molar-refractivity contribution in [3.05, 3.63) is 146 Å². The molecular formula is C50H51Cl2IN20O3. The Morgan fingerprint density at radius 1 is 0.500 bits per heavy atom. The number of nitrogens with two attached hydrogens (primary N) is 3. The van der Waals surface area contributed by atoms with E-state index in [1.54, 1.807) is 60.2 Å². The van der Waals surface area contributed by atoms with Gasteiger partial charge in [0.1, 0.15) is 61.9 Å². The number of imidazole rings is 3. The Morgan fingerprint density at radius 2 is 0.934 bits per heavy atom. The highest BCUT2D eigenvalue weighted by molar-refractivity contribution is 14.1. The van der Waals surface area contributed by atoms with Gasteiger partial charge in [0.15, 0.2) is 28.4 Å². The van der Waals surface area contributed by atoms with Crippen LogP contribution in [0.3, 0.4) is 0 Å². The van der Waals surface area contributed by atoms with E-state index in [4.69, 9.17) is 55.0 Å². The van der Waals surface area contributed by atoms with E-state index in [0.29, 0.717) is 84.6 Å². The first-order valence-electron chi connectivity index (χ1n) is 22.7. The number of fused-ring (bicyclic) bond motifs is 3. The van der Waals surface area contributed by atoms with Crippen molar-refractivity contribution >= 4 is 108 Å². The Kier molecular flexibility index (Phi) is 17.9. The first kappa shape index (κ1) is 55.1. The van der Waals surface area contributed by atoms with Crippen LogP contribution in [-0.2, 0) is 21.1 Å². The summed E-state index contributed by atoms with van der Waals surface area (Å²) >= 11 is 14.3. The summed E-state index contributed by atoms with van der Waals surface area (Å²) in [6.07, 6.45) is 12.6. The van der Waals surface area contributed by atoms with E-state index < -0.39 is 0 Å². The van der Waals surface area contributed by atoms with Crippen LogP contribution in [0.1, 0.15) is 33.8 Å². The van der Waals surface area contributed by atoms with E-state index in [2.05, 4.69) is 92.7 Å². The number of rotatable bonds is 6. The highest BCUT2D eigenvalue weighted by atomic mass is 127. The molecule has 11 heterocycles. The van der Waals surface area contributed by atoms with Crippen molar-refractivity contribution in [2.45, 2.75) is 41.5 Å². The molecule has 11 aromatic heterocycles. The highest BCUT2D eigenvalue weighted by Gasteiger charge is 2.15. The fraction of sp³-hybridized carbons (Fsp3) is 0.180. The van der Waals surface area contributed by atoms with E-state index >= 15 is 0 Å². The summed E-state index contributed by atoms with van der Waals surface area (Å²) in [5.74, 6) is 4.16. The molecule has 0 saturated heterocycles. The number of nitrogens with zero attached hydrogens (tertiary/aromatic N) is 16. The number of nitrogens with one attached hydrogen (secondary N) is 1. The fourth-order valence-electron chi connectivity index (χ4n) is 6.81. The molecule has 11 aromatic rings. The molecule has 0 atom stereocenters. The molecule has 0 saturated carbocycles. The zero-order valence-corrected chi connectivity index (χ0v) is 46.2. The predicted octanol–water partition coefficient (Wildman–Crippen LogP) is 9.59. The van der Waals surface area contributed by atoms with Gasteiger partial charge in [0.2, 0.25) is 11.8 Å². The molecule has 390 valence electrons. The number of aromatic hydroxyl groups is 1. The van der Waals surface area contributed by atoms with E-state index in [-0.39, 0.29) is 5.75 Å². The summed E-state index contributed by atoms with van der Waals surface area (Å²) in [5, 5.41) is 13.4. The molecular weight excluding hydrogens is 1130 g/mol. The van der Waals surface area contributed by atoms with Crippen molar-refractivity contribution in [1.82, 2.24) is 78.5 Å². The van der Waals surface area contributed by atoms with Gasteiger partial charge in [0, 0.05) is 62.5 Å². The first-order chi connectivity index (χ1) is 36.2. The molecule has 26 heteroatoms. The summed E-state index contributed by atoms with van der Waals surface area (Å²) < 4.78 is 18.1. The molecule has 76 heavy (non-hydrogen) atoms. The SMILES string of the molecule is Cc1cc(C)c(O)cn1.Cc1cc(C)c(Oc2cc(Cl)c3ncn(C)c3n2)cn1.Cc1cc(C)c(Oc2cc(Nc3cc(N)ncn3)c3ncn(C)c3n2)cn1.Cn1cnc2c(Cl)cc(I)nc21.Nc1cc(N)ncn1. The minimum Gasteiger partial charge on any atom is -0.506 e. The molecule has 0 aliphatic rings. The van der Waals surface area contributed by atoms with E-state index in [1.807, 2.05) is 90.0 Å². The number of hydrogen-bond donors (Lipinski definition) is 5. The molecule has 0 aliphatic carbocycles. The van der Waals surface area contributed by atoms with Gasteiger partial charge in [-0.2, -0.15) is 9.97 Å². The molecule has 23 nitrogen and oxygen atoms in total. The molecule has 0 aliphatic heterocycles. The number of aryl methyl sites for hydroxylation is 9. The van der Waals surface area contributed by atoms with Crippen LogP contribution in [0.15, 0.2) is 98.8 Å². The number of anilines is 5. The number of hydrogen-bond acceptors (Lipinski definition) is 20. The van der Waals surface area contributed by atoms with E-state index in [1.165, 1.54) is 24.9 Å². The zero-order valence-electron chi connectivity index (χ0n) is 42.5. The monoisotopic (exact) mass is 1180 g/mol. The lowest BCUT2D eigenvalue weighted by molar-refractivity contribution is 0.458. The lowest BCUT2D eigenvalue weighted by Crippen LogP contribution is -2.00. The average molecular weight is 1180 g/mol. The maximum absolute atomic E-state index is 8.98. The number of aromatic nitrogens is 16. The van der Waals surface area contributed by atoms with E-state index in [0.717, 1.165) is 48.6 Å². The summed E-state index contributed by atoms with van der Waals surface area (Å²) in [5.41, 5.74) is 26.9. The first-order valence-corrected chi connectivity index (χ1v) is 24.5. The summed E-state index contributed by atoms with van der Waals surface area (Å²) in [4.78, 5) is 53.8.